The number of hydrogen-bond donors (Lipinski definition) is 0. The van der Waals surface area contributed by atoms with E-state index in [0.717, 1.165) is 43.8 Å². The van der Waals surface area contributed by atoms with Gasteiger partial charge in [-0.15, -0.1) is 0 Å². The lowest BCUT2D eigenvalue weighted by Gasteiger charge is -2.29. The molecule has 0 aliphatic carbocycles. The third-order valence-corrected chi connectivity index (χ3v) is 3.49. The molecule has 1 heterocycles. The number of piperidine rings is 1. The van der Waals surface area contributed by atoms with E-state index in [9.17, 15) is 0 Å². The Bertz CT molecular complexity index is 527. The smallest absolute Gasteiger partial charge is 0.123 e. The van der Waals surface area contributed by atoms with Crippen LogP contribution in [0.5, 0.6) is 5.75 Å². The summed E-state index contributed by atoms with van der Waals surface area (Å²) in [6.45, 7) is 2.53. The van der Waals surface area contributed by atoms with Gasteiger partial charge in [-0.05, 0) is 37.6 Å². The van der Waals surface area contributed by atoms with E-state index < -0.39 is 0 Å². The van der Waals surface area contributed by atoms with Gasteiger partial charge >= 0.3 is 0 Å². The predicted molar refractivity (Wildman–Crippen MR) is 71.3 cm³/mol. The molecule has 0 N–H and O–H groups in total. The Kier molecular flexibility index (Phi) is 4.39. The van der Waals surface area contributed by atoms with Crippen LogP contribution in [0.25, 0.3) is 0 Å². The molecule has 0 radical (unpaired) electrons. The van der Waals surface area contributed by atoms with E-state index in [0.29, 0.717) is 5.56 Å². The molecule has 1 aliphatic heterocycles. The fourth-order valence-corrected chi connectivity index (χ4v) is 2.52. The first-order valence-corrected chi connectivity index (χ1v) is 6.46. The number of likely N-dealkylation sites (tertiary alicyclic amines) is 1. The quantitative estimate of drug-likeness (QED) is 0.831. The first-order valence-electron chi connectivity index (χ1n) is 6.46. The second-order valence-corrected chi connectivity index (χ2v) is 4.84. The first-order chi connectivity index (χ1) is 9.26. The van der Waals surface area contributed by atoms with Gasteiger partial charge < -0.3 is 4.74 Å². The highest BCUT2D eigenvalue weighted by Gasteiger charge is 2.20. The topological polar surface area (TPSA) is 60.0 Å². The monoisotopic (exact) mass is 255 g/mol. The molecule has 1 aromatic carbocycles. The minimum Gasteiger partial charge on any atom is -0.496 e. The fraction of sp³-hybridized carbons (Fsp3) is 0.467. The minimum absolute atomic E-state index is 0.124. The summed E-state index contributed by atoms with van der Waals surface area (Å²) in [4.78, 5) is 2.26. The van der Waals surface area contributed by atoms with Crippen molar-refractivity contribution in [3.05, 3.63) is 29.3 Å². The number of benzene rings is 1. The van der Waals surface area contributed by atoms with Gasteiger partial charge in [-0.2, -0.15) is 10.5 Å². The van der Waals surface area contributed by atoms with Crippen LogP contribution in [0.1, 0.15) is 24.0 Å². The van der Waals surface area contributed by atoms with E-state index >= 15 is 0 Å². The summed E-state index contributed by atoms with van der Waals surface area (Å²) in [5.41, 5.74) is 1.66. The molecule has 0 bridgehead atoms. The standard InChI is InChI=1S/C15H17N3O/c1-19-15-5-4-12(8-16)7-14(15)11-18-6-2-3-13(9-17)10-18/h4-5,7,13H,2-3,6,10-11H2,1H3. The zero-order chi connectivity index (χ0) is 13.7. The number of nitriles is 2. The third kappa shape index (κ3) is 3.24. The van der Waals surface area contributed by atoms with Crippen molar-refractivity contribution in [2.45, 2.75) is 19.4 Å². The van der Waals surface area contributed by atoms with Gasteiger partial charge in [-0.25, -0.2) is 0 Å². The van der Waals surface area contributed by atoms with Crippen LogP contribution in [0, 0.1) is 28.6 Å². The SMILES string of the molecule is COc1ccc(C#N)cc1CN1CCCC(C#N)C1. The van der Waals surface area contributed by atoms with E-state index in [2.05, 4.69) is 17.0 Å². The van der Waals surface area contributed by atoms with Crippen molar-refractivity contribution in [1.29, 1.82) is 10.5 Å². The van der Waals surface area contributed by atoms with Crippen LogP contribution in [0.3, 0.4) is 0 Å². The normalized spacial score (nSPS) is 19.4. The van der Waals surface area contributed by atoms with Crippen molar-refractivity contribution in [3.8, 4) is 17.9 Å². The Morgan fingerprint density at radius 2 is 2.26 bits per heavy atom. The van der Waals surface area contributed by atoms with Crippen LogP contribution in [0.2, 0.25) is 0 Å². The van der Waals surface area contributed by atoms with Crippen molar-refractivity contribution in [1.82, 2.24) is 4.90 Å². The van der Waals surface area contributed by atoms with Crippen LogP contribution < -0.4 is 4.74 Å². The van der Waals surface area contributed by atoms with Gasteiger partial charge in [0, 0.05) is 18.7 Å². The predicted octanol–water partition coefficient (Wildman–Crippen LogP) is 2.30. The Labute approximate surface area is 113 Å². The van der Waals surface area contributed by atoms with E-state index in [1.54, 1.807) is 13.2 Å². The molecule has 0 spiro atoms. The molecular weight excluding hydrogens is 238 g/mol. The molecule has 0 amide bonds. The Morgan fingerprint density at radius 1 is 1.42 bits per heavy atom. The summed E-state index contributed by atoms with van der Waals surface area (Å²) in [7, 11) is 1.64. The molecule has 2 rings (SSSR count). The van der Waals surface area contributed by atoms with Crippen molar-refractivity contribution in [2.75, 3.05) is 20.2 Å². The number of rotatable bonds is 3. The summed E-state index contributed by atoms with van der Waals surface area (Å²) < 4.78 is 5.34. The fourth-order valence-electron chi connectivity index (χ4n) is 2.52. The molecule has 1 aromatic rings. The lowest BCUT2D eigenvalue weighted by molar-refractivity contribution is 0.190. The van der Waals surface area contributed by atoms with Crippen LogP contribution >= 0.6 is 0 Å². The molecule has 4 heteroatoms. The van der Waals surface area contributed by atoms with Crippen LogP contribution in [0.15, 0.2) is 18.2 Å². The second-order valence-electron chi connectivity index (χ2n) is 4.84. The van der Waals surface area contributed by atoms with E-state index in [1.165, 1.54) is 0 Å². The zero-order valence-corrected chi connectivity index (χ0v) is 11.1. The van der Waals surface area contributed by atoms with Gasteiger partial charge in [0.1, 0.15) is 5.75 Å². The first kappa shape index (κ1) is 13.4. The van der Waals surface area contributed by atoms with Gasteiger partial charge in [0.15, 0.2) is 0 Å². The van der Waals surface area contributed by atoms with Crippen molar-refractivity contribution in [2.24, 2.45) is 5.92 Å². The summed E-state index contributed by atoms with van der Waals surface area (Å²) in [6.07, 6.45) is 2.04. The summed E-state index contributed by atoms with van der Waals surface area (Å²) in [5.74, 6) is 0.928. The Morgan fingerprint density at radius 3 is 2.95 bits per heavy atom. The van der Waals surface area contributed by atoms with Crippen LogP contribution in [0.4, 0.5) is 0 Å². The molecule has 1 aliphatic rings. The molecule has 1 saturated heterocycles. The molecule has 98 valence electrons. The summed E-state index contributed by atoms with van der Waals surface area (Å²) in [6, 6.07) is 9.96. The average molecular weight is 255 g/mol. The van der Waals surface area contributed by atoms with Crippen LogP contribution in [-0.2, 0) is 6.54 Å². The molecule has 19 heavy (non-hydrogen) atoms. The second kappa shape index (κ2) is 6.22. The van der Waals surface area contributed by atoms with Crippen LogP contribution in [-0.4, -0.2) is 25.1 Å². The van der Waals surface area contributed by atoms with Gasteiger partial charge in [-0.3, -0.25) is 4.90 Å². The van der Waals surface area contributed by atoms with E-state index in [1.807, 2.05) is 12.1 Å². The van der Waals surface area contributed by atoms with Gasteiger partial charge in [0.05, 0.1) is 30.7 Å². The Hall–Kier alpha value is -2.04. The highest BCUT2D eigenvalue weighted by Crippen LogP contribution is 2.24. The molecule has 1 unspecified atom stereocenters. The van der Waals surface area contributed by atoms with Gasteiger partial charge in [0.25, 0.3) is 0 Å². The highest BCUT2D eigenvalue weighted by molar-refractivity contribution is 5.42. The maximum absolute atomic E-state index is 9.01. The largest absolute Gasteiger partial charge is 0.496 e. The highest BCUT2D eigenvalue weighted by atomic mass is 16.5. The zero-order valence-electron chi connectivity index (χ0n) is 11.1. The maximum Gasteiger partial charge on any atom is 0.123 e. The van der Waals surface area contributed by atoms with Gasteiger partial charge in [0.2, 0.25) is 0 Å². The maximum atomic E-state index is 9.01. The molecule has 4 nitrogen and oxygen atoms in total. The van der Waals surface area contributed by atoms with Gasteiger partial charge in [-0.1, -0.05) is 0 Å². The number of nitrogens with zero attached hydrogens (tertiary/aromatic N) is 3. The average Bonchev–Trinajstić information content (AvgIpc) is 2.47. The molecule has 0 saturated carbocycles. The van der Waals surface area contributed by atoms with Crippen molar-refractivity contribution in [3.63, 3.8) is 0 Å². The van der Waals surface area contributed by atoms with Crippen molar-refractivity contribution < 1.29 is 4.74 Å². The number of hydrogen-bond acceptors (Lipinski definition) is 4. The Balaban J connectivity index is 2.14. The third-order valence-electron chi connectivity index (χ3n) is 3.49. The lowest BCUT2D eigenvalue weighted by atomic mass is 9.99. The molecular formula is C15H17N3O. The van der Waals surface area contributed by atoms with E-state index in [-0.39, 0.29) is 5.92 Å². The summed E-state index contributed by atoms with van der Waals surface area (Å²) >= 11 is 0. The minimum atomic E-state index is 0.124. The molecule has 1 atom stereocenters. The van der Waals surface area contributed by atoms with Crippen molar-refractivity contribution >= 4 is 0 Å². The molecule has 0 aromatic heterocycles. The molecule has 1 fully saturated rings. The number of ether oxygens (including phenoxy) is 1. The van der Waals surface area contributed by atoms with E-state index in [4.69, 9.17) is 15.3 Å². The lowest BCUT2D eigenvalue weighted by Crippen LogP contribution is -2.34. The number of methoxy groups -OCH3 is 1. The summed E-state index contributed by atoms with van der Waals surface area (Å²) in [5, 5.41) is 18.0.